The molecule has 0 radical (unpaired) electrons. The molecule has 1 unspecified atom stereocenters. The number of benzene rings is 2. The lowest BCUT2D eigenvalue weighted by atomic mass is 10.2. The Kier molecular flexibility index (Phi) is 7.02. The Morgan fingerprint density at radius 3 is 2.35 bits per heavy atom. The van der Waals surface area contributed by atoms with Crippen molar-refractivity contribution in [2.75, 3.05) is 22.5 Å². The molecular weight excluding hydrogens is 330 g/mol. The van der Waals surface area contributed by atoms with Crippen LogP contribution in [-0.2, 0) is 9.59 Å². The van der Waals surface area contributed by atoms with Gasteiger partial charge in [-0.05, 0) is 43.7 Å². The number of ether oxygens (including phenoxy) is 1. The minimum atomic E-state index is -0.182. The van der Waals surface area contributed by atoms with Crippen LogP contribution < -0.4 is 20.7 Å². The van der Waals surface area contributed by atoms with E-state index in [1.807, 2.05) is 31.2 Å². The maximum absolute atomic E-state index is 12.1. The van der Waals surface area contributed by atoms with Gasteiger partial charge < -0.3 is 20.7 Å². The molecule has 6 nitrogen and oxygen atoms in total. The second kappa shape index (κ2) is 9.46. The molecule has 2 aromatic carbocycles. The Hall–Kier alpha value is -3.02. The van der Waals surface area contributed by atoms with Gasteiger partial charge in [0.2, 0.25) is 11.8 Å². The Morgan fingerprint density at radius 2 is 1.65 bits per heavy atom. The molecule has 0 saturated heterocycles. The summed E-state index contributed by atoms with van der Waals surface area (Å²) >= 11 is 0. The van der Waals surface area contributed by atoms with E-state index >= 15 is 0 Å². The van der Waals surface area contributed by atoms with E-state index in [1.54, 1.807) is 24.3 Å². The molecule has 0 heterocycles. The highest BCUT2D eigenvalue weighted by molar-refractivity contribution is 5.95. The molecule has 0 saturated carbocycles. The summed E-state index contributed by atoms with van der Waals surface area (Å²) in [5.41, 5.74) is 2.07. The maximum atomic E-state index is 12.1. The third kappa shape index (κ3) is 6.47. The van der Waals surface area contributed by atoms with Gasteiger partial charge in [-0.2, -0.15) is 0 Å². The molecule has 2 aromatic rings. The lowest BCUT2D eigenvalue weighted by Crippen LogP contribution is -2.21. The van der Waals surface area contributed by atoms with E-state index in [0.29, 0.717) is 11.4 Å². The van der Waals surface area contributed by atoms with Crippen molar-refractivity contribution in [2.24, 2.45) is 0 Å². The number of carbonyl (C=O) groups is 2. The Bertz CT molecular complexity index is 761. The molecule has 1 atom stereocenters. The third-order valence-corrected chi connectivity index (χ3v) is 3.67. The molecule has 0 bridgehead atoms. The maximum Gasteiger partial charge on any atom is 0.243 e. The van der Waals surface area contributed by atoms with Gasteiger partial charge in [-0.3, -0.25) is 9.59 Å². The first-order valence-electron chi connectivity index (χ1n) is 8.64. The van der Waals surface area contributed by atoms with Crippen molar-refractivity contribution in [2.45, 2.75) is 33.3 Å². The average molecular weight is 355 g/mol. The van der Waals surface area contributed by atoms with E-state index in [4.69, 9.17) is 4.74 Å². The number of hydrogen-bond donors (Lipinski definition) is 3. The molecule has 2 amide bonds. The molecule has 0 fully saturated rings. The van der Waals surface area contributed by atoms with Crippen LogP contribution in [-0.4, -0.2) is 24.5 Å². The summed E-state index contributed by atoms with van der Waals surface area (Å²) in [7, 11) is 0. The SMILES string of the molecule is CCC(C)Oc1cccc(NCC(=O)Nc2cccc(NC(C)=O)c2)c1. The van der Waals surface area contributed by atoms with Crippen molar-refractivity contribution in [3.05, 3.63) is 48.5 Å². The highest BCUT2D eigenvalue weighted by Gasteiger charge is 2.06. The van der Waals surface area contributed by atoms with Gasteiger partial charge in [-0.25, -0.2) is 0 Å². The Labute approximate surface area is 153 Å². The molecule has 0 spiro atoms. The average Bonchev–Trinajstić information content (AvgIpc) is 2.60. The van der Waals surface area contributed by atoms with Crippen LogP contribution >= 0.6 is 0 Å². The van der Waals surface area contributed by atoms with Crippen molar-refractivity contribution < 1.29 is 14.3 Å². The van der Waals surface area contributed by atoms with Crippen molar-refractivity contribution in [3.63, 3.8) is 0 Å². The molecule has 3 N–H and O–H groups in total. The molecular formula is C20H25N3O3. The molecule has 0 aliphatic rings. The fraction of sp³-hybridized carbons (Fsp3) is 0.300. The van der Waals surface area contributed by atoms with Gasteiger partial charge in [0.25, 0.3) is 0 Å². The van der Waals surface area contributed by atoms with Gasteiger partial charge >= 0.3 is 0 Å². The van der Waals surface area contributed by atoms with E-state index in [1.165, 1.54) is 6.92 Å². The minimum Gasteiger partial charge on any atom is -0.491 e. The highest BCUT2D eigenvalue weighted by atomic mass is 16.5. The number of nitrogens with one attached hydrogen (secondary N) is 3. The van der Waals surface area contributed by atoms with E-state index in [0.717, 1.165) is 17.9 Å². The van der Waals surface area contributed by atoms with Crippen LogP contribution in [0.15, 0.2) is 48.5 Å². The minimum absolute atomic E-state index is 0.122. The zero-order chi connectivity index (χ0) is 18.9. The summed E-state index contributed by atoms with van der Waals surface area (Å²) in [4.78, 5) is 23.2. The van der Waals surface area contributed by atoms with Crippen LogP contribution in [0.25, 0.3) is 0 Å². The summed E-state index contributed by atoms with van der Waals surface area (Å²) in [5, 5.41) is 8.56. The summed E-state index contributed by atoms with van der Waals surface area (Å²) in [5.74, 6) is 0.431. The van der Waals surface area contributed by atoms with E-state index < -0.39 is 0 Å². The van der Waals surface area contributed by atoms with Crippen LogP contribution in [0.4, 0.5) is 17.1 Å². The highest BCUT2D eigenvalue weighted by Crippen LogP contribution is 2.19. The summed E-state index contributed by atoms with van der Waals surface area (Å²) < 4.78 is 5.78. The van der Waals surface area contributed by atoms with Crippen LogP contribution in [0, 0.1) is 0 Å². The quantitative estimate of drug-likeness (QED) is 0.671. The predicted octanol–water partition coefficient (Wildman–Crippen LogP) is 3.87. The van der Waals surface area contributed by atoms with Crippen molar-refractivity contribution in [1.82, 2.24) is 0 Å². The zero-order valence-corrected chi connectivity index (χ0v) is 15.3. The largest absolute Gasteiger partial charge is 0.491 e. The first-order chi connectivity index (χ1) is 12.5. The fourth-order valence-corrected chi connectivity index (χ4v) is 2.26. The van der Waals surface area contributed by atoms with Crippen molar-refractivity contribution >= 4 is 28.9 Å². The predicted molar refractivity (Wildman–Crippen MR) is 105 cm³/mol. The topological polar surface area (TPSA) is 79.5 Å². The molecule has 138 valence electrons. The third-order valence-electron chi connectivity index (χ3n) is 3.67. The van der Waals surface area contributed by atoms with Crippen LogP contribution in [0.2, 0.25) is 0 Å². The van der Waals surface area contributed by atoms with Crippen LogP contribution in [0.3, 0.4) is 0 Å². The Morgan fingerprint density at radius 1 is 1.00 bits per heavy atom. The van der Waals surface area contributed by atoms with E-state index in [-0.39, 0.29) is 24.5 Å². The first kappa shape index (κ1) is 19.3. The molecule has 0 aliphatic carbocycles. The van der Waals surface area contributed by atoms with Gasteiger partial charge in [0, 0.05) is 30.1 Å². The molecule has 0 aromatic heterocycles. The standard InChI is InChI=1S/C20H25N3O3/c1-4-14(2)26-19-10-6-7-16(12-19)21-13-20(25)23-18-9-5-8-17(11-18)22-15(3)24/h5-12,14,21H,4,13H2,1-3H3,(H,22,24)(H,23,25). The van der Waals surface area contributed by atoms with Gasteiger partial charge in [0.15, 0.2) is 0 Å². The zero-order valence-electron chi connectivity index (χ0n) is 15.3. The van der Waals surface area contributed by atoms with E-state index in [2.05, 4.69) is 22.9 Å². The van der Waals surface area contributed by atoms with Crippen molar-refractivity contribution in [3.8, 4) is 5.75 Å². The first-order valence-corrected chi connectivity index (χ1v) is 8.64. The number of carbonyl (C=O) groups excluding carboxylic acids is 2. The number of hydrogen-bond acceptors (Lipinski definition) is 4. The Balaban J connectivity index is 1.89. The van der Waals surface area contributed by atoms with Crippen LogP contribution in [0.1, 0.15) is 27.2 Å². The fourth-order valence-electron chi connectivity index (χ4n) is 2.26. The lowest BCUT2D eigenvalue weighted by Gasteiger charge is -2.14. The monoisotopic (exact) mass is 355 g/mol. The molecule has 26 heavy (non-hydrogen) atoms. The van der Waals surface area contributed by atoms with Gasteiger partial charge in [-0.1, -0.05) is 19.1 Å². The second-order valence-corrected chi connectivity index (χ2v) is 6.03. The number of anilines is 3. The summed E-state index contributed by atoms with van der Waals surface area (Å²) in [6, 6.07) is 14.5. The number of amides is 2. The van der Waals surface area contributed by atoms with E-state index in [9.17, 15) is 9.59 Å². The summed E-state index contributed by atoms with van der Waals surface area (Å²) in [6.45, 7) is 5.64. The van der Waals surface area contributed by atoms with Crippen molar-refractivity contribution in [1.29, 1.82) is 0 Å². The smallest absolute Gasteiger partial charge is 0.243 e. The molecule has 6 heteroatoms. The van der Waals surface area contributed by atoms with Crippen LogP contribution in [0.5, 0.6) is 5.75 Å². The van der Waals surface area contributed by atoms with Gasteiger partial charge in [0.05, 0.1) is 12.6 Å². The molecule has 2 rings (SSSR count). The normalized spacial score (nSPS) is 11.3. The lowest BCUT2D eigenvalue weighted by molar-refractivity contribution is -0.115. The summed E-state index contributed by atoms with van der Waals surface area (Å²) in [6.07, 6.45) is 1.07. The number of rotatable bonds is 8. The van der Waals surface area contributed by atoms with Gasteiger partial charge in [0.1, 0.15) is 5.75 Å². The second-order valence-electron chi connectivity index (χ2n) is 6.03. The van der Waals surface area contributed by atoms with Gasteiger partial charge in [-0.15, -0.1) is 0 Å². The molecule has 0 aliphatic heterocycles.